The molecule has 1 saturated carbocycles. The van der Waals surface area contributed by atoms with Gasteiger partial charge in [0.1, 0.15) is 0 Å². The second kappa shape index (κ2) is 6.76. The Morgan fingerprint density at radius 2 is 1.85 bits per heavy atom. The Morgan fingerprint density at radius 3 is 2.35 bits per heavy atom. The van der Waals surface area contributed by atoms with E-state index < -0.39 is 0 Å². The predicted octanol–water partition coefficient (Wildman–Crippen LogP) is 0.667. The summed E-state index contributed by atoms with van der Waals surface area (Å²) in [5.41, 5.74) is 6.11. The molecule has 0 aromatic carbocycles. The van der Waals surface area contributed by atoms with Crippen LogP contribution in [-0.2, 0) is 0 Å². The fourth-order valence-corrected chi connectivity index (χ4v) is 2.85. The van der Waals surface area contributed by atoms with Crippen LogP contribution in [0.2, 0.25) is 0 Å². The number of guanidine groups is 1. The van der Waals surface area contributed by atoms with Gasteiger partial charge in [0.2, 0.25) is 0 Å². The van der Waals surface area contributed by atoms with Crippen molar-refractivity contribution < 1.29 is 0 Å². The van der Waals surface area contributed by atoms with Gasteiger partial charge in [-0.2, -0.15) is 0 Å². The second-order valence-corrected chi connectivity index (χ2v) is 6.69. The van der Waals surface area contributed by atoms with Crippen molar-refractivity contribution in [3.05, 3.63) is 0 Å². The van der Waals surface area contributed by atoms with E-state index in [1.54, 1.807) is 0 Å². The summed E-state index contributed by atoms with van der Waals surface area (Å²) in [5, 5.41) is 0. The van der Waals surface area contributed by atoms with E-state index in [0.717, 1.165) is 32.7 Å². The summed E-state index contributed by atoms with van der Waals surface area (Å²) in [7, 11) is 4.26. The first kappa shape index (κ1) is 15.6. The number of aliphatic imine (C=N–C) groups is 1. The lowest BCUT2D eigenvalue weighted by atomic mass is 10.0. The lowest BCUT2D eigenvalue weighted by Crippen LogP contribution is -2.52. The number of rotatable bonds is 5. The van der Waals surface area contributed by atoms with Gasteiger partial charge < -0.3 is 15.5 Å². The van der Waals surface area contributed by atoms with Gasteiger partial charge in [-0.05, 0) is 25.8 Å². The molecule has 1 heterocycles. The molecule has 2 aliphatic rings. The molecule has 1 atom stereocenters. The molecule has 2 rings (SSSR count). The number of piperazine rings is 1. The molecule has 0 aromatic heterocycles. The quantitative estimate of drug-likeness (QED) is 0.594. The Morgan fingerprint density at radius 1 is 1.25 bits per heavy atom. The number of nitrogens with zero attached hydrogens (tertiary/aromatic N) is 4. The minimum atomic E-state index is 0.509. The molecule has 1 saturated heterocycles. The van der Waals surface area contributed by atoms with Gasteiger partial charge in [0.15, 0.2) is 5.96 Å². The molecule has 1 aliphatic heterocycles. The van der Waals surface area contributed by atoms with Crippen LogP contribution < -0.4 is 5.73 Å². The third-order valence-electron chi connectivity index (χ3n) is 4.67. The molecule has 5 nitrogen and oxygen atoms in total. The van der Waals surface area contributed by atoms with Crippen LogP contribution in [0.25, 0.3) is 0 Å². The Kier molecular flexibility index (Phi) is 5.27. The lowest BCUT2D eigenvalue weighted by molar-refractivity contribution is 0.0924. The fourth-order valence-electron chi connectivity index (χ4n) is 2.85. The summed E-state index contributed by atoms with van der Waals surface area (Å²) >= 11 is 0. The van der Waals surface area contributed by atoms with E-state index in [1.807, 2.05) is 0 Å². The molecular formula is C15H31N5. The Labute approximate surface area is 123 Å². The van der Waals surface area contributed by atoms with E-state index in [9.17, 15) is 0 Å². The number of likely N-dealkylation sites (N-methyl/N-ethyl adjacent to an activating group) is 1. The average molecular weight is 281 g/mol. The first-order valence-electron chi connectivity index (χ1n) is 7.94. The van der Waals surface area contributed by atoms with Crippen molar-refractivity contribution in [2.45, 2.75) is 38.8 Å². The van der Waals surface area contributed by atoms with Crippen LogP contribution in [0.1, 0.15) is 26.7 Å². The molecular weight excluding hydrogens is 250 g/mol. The van der Waals surface area contributed by atoms with Crippen molar-refractivity contribution in [3.8, 4) is 0 Å². The van der Waals surface area contributed by atoms with E-state index in [-0.39, 0.29) is 0 Å². The molecule has 2 fully saturated rings. The predicted molar refractivity (Wildman–Crippen MR) is 85.0 cm³/mol. The molecule has 0 aromatic rings. The molecule has 0 spiro atoms. The van der Waals surface area contributed by atoms with Crippen molar-refractivity contribution >= 4 is 5.96 Å². The lowest BCUT2D eigenvalue weighted by Gasteiger charge is -2.39. The zero-order valence-corrected chi connectivity index (χ0v) is 13.5. The number of hydrogen-bond donors (Lipinski definition) is 1. The SMILES string of the molecule is CC(C)C(CN=C(N)N(C)C1CC1)N1CCN(C)CC1. The van der Waals surface area contributed by atoms with Gasteiger partial charge in [-0.15, -0.1) is 0 Å². The molecule has 0 amide bonds. The smallest absolute Gasteiger partial charge is 0.191 e. The van der Waals surface area contributed by atoms with Gasteiger partial charge in [-0.3, -0.25) is 9.89 Å². The first-order valence-corrected chi connectivity index (χ1v) is 7.94. The Hall–Kier alpha value is -0.810. The van der Waals surface area contributed by atoms with Crippen LogP contribution >= 0.6 is 0 Å². The maximum Gasteiger partial charge on any atom is 0.191 e. The van der Waals surface area contributed by atoms with E-state index in [4.69, 9.17) is 5.73 Å². The number of hydrogen-bond acceptors (Lipinski definition) is 3. The van der Waals surface area contributed by atoms with Crippen LogP contribution in [0.5, 0.6) is 0 Å². The van der Waals surface area contributed by atoms with Gasteiger partial charge in [-0.25, -0.2) is 0 Å². The van der Waals surface area contributed by atoms with Crippen molar-refractivity contribution in [3.63, 3.8) is 0 Å². The highest BCUT2D eigenvalue weighted by Crippen LogP contribution is 2.25. The largest absolute Gasteiger partial charge is 0.370 e. The zero-order chi connectivity index (χ0) is 14.7. The topological polar surface area (TPSA) is 48.1 Å². The van der Waals surface area contributed by atoms with E-state index in [1.165, 1.54) is 12.8 Å². The molecule has 20 heavy (non-hydrogen) atoms. The fraction of sp³-hybridized carbons (Fsp3) is 0.933. The molecule has 0 radical (unpaired) electrons. The highest BCUT2D eigenvalue weighted by molar-refractivity contribution is 5.78. The van der Waals surface area contributed by atoms with Crippen molar-refractivity contribution in [2.24, 2.45) is 16.6 Å². The normalized spacial score (nSPS) is 24.1. The van der Waals surface area contributed by atoms with Crippen molar-refractivity contribution in [1.29, 1.82) is 0 Å². The van der Waals surface area contributed by atoms with Gasteiger partial charge in [0.05, 0.1) is 6.54 Å². The molecule has 1 unspecified atom stereocenters. The van der Waals surface area contributed by atoms with Gasteiger partial charge in [0.25, 0.3) is 0 Å². The molecule has 5 heteroatoms. The molecule has 116 valence electrons. The van der Waals surface area contributed by atoms with Gasteiger partial charge in [0, 0.05) is 45.3 Å². The standard InChI is InChI=1S/C15H31N5/c1-12(2)14(20-9-7-18(3)8-10-20)11-17-15(16)19(4)13-5-6-13/h12-14H,5-11H2,1-4H3,(H2,16,17). The highest BCUT2D eigenvalue weighted by Gasteiger charge is 2.28. The van der Waals surface area contributed by atoms with Crippen LogP contribution in [0.4, 0.5) is 0 Å². The summed E-state index contributed by atoms with van der Waals surface area (Å²) in [6.45, 7) is 10.0. The minimum Gasteiger partial charge on any atom is -0.370 e. The maximum absolute atomic E-state index is 6.11. The van der Waals surface area contributed by atoms with Crippen LogP contribution in [0, 0.1) is 5.92 Å². The summed E-state index contributed by atoms with van der Waals surface area (Å²) in [6, 6.07) is 1.15. The van der Waals surface area contributed by atoms with Gasteiger partial charge >= 0.3 is 0 Å². The Bertz CT molecular complexity index is 329. The van der Waals surface area contributed by atoms with E-state index in [0.29, 0.717) is 24.0 Å². The number of nitrogens with two attached hydrogens (primary N) is 1. The van der Waals surface area contributed by atoms with Crippen molar-refractivity contribution in [1.82, 2.24) is 14.7 Å². The Balaban J connectivity index is 1.90. The molecule has 1 aliphatic carbocycles. The van der Waals surface area contributed by atoms with Crippen molar-refractivity contribution in [2.75, 3.05) is 46.8 Å². The second-order valence-electron chi connectivity index (χ2n) is 6.69. The summed E-state index contributed by atoms with van der Waals surface area (Å²) in [6.07, 6.45) is 2.53. The monoisotopic (exact) mass is 281 g/mol. The van der Waals surface area contributed by atoms with Crippen LogP contribution in [0.3, 0.4) is 0 Å². The first-order chi connectivity index (χ1) is 9.49. The minimum absolute atomic E-state index is 0.509. The van der Waals surface area contributed by atoms with Crippen LogP contribution in [-0.4, -0.2) is 79.6 Å². The summed E-state index contributed by atoms with van der Waals surface area (Å²) in [5.74, 6) is 1.33. The zero-order valence-electron chi connectivity index (χ0n) is 13.5. The van der Waals surface area contributed by atoms with Gasteiger partial charge in [-0.1, -0.05) is 13.8 Å². The van der Waals surface area contributed by atoms with Crippen LogP contribution in [0.15, 0.2) is 4.99 Å². The summed E-state index contributed by atoms with van der Waals surface area (Å²) in [4.78, 5) is 11.8. The maximum atomic E-state index is 6.11. The summed E-state index contributed by atoms with van der Waals surface area (Å²) < 4.78 is 0. The third kappa shape index (κ3) is 4.09. The van der Waals surface area contributed by atoms with E-state index >= 15 is 0 Å². The molecule has 2 N–H and O–H groups in total. The highest BCUT2D eigenvalue weighted by atomic mass is 15.3. The molecule has 0 bridgehead atoms. The third-order valence-corrected chi connectivity index (χ3v) is 4.67. The average Bonchev–Trinajstić information content (AvgIpc) is 3.24. The van der Waals surface area contributed by atoms with E-state index in [2.05, 4.69) is 47.6 Å².